The highest BCUT2D eigenvalue weighted by Gasteiger charge is 2.37. The van der Waals surface area contributed by atoms with Gasteiger partial charge in [0.25, 0.3) is 5.78 Å². The van der Waals surface area contributed by atoms with Crippen molar-refractivity contribution >= 4 is 23.5 Å². The number of hydrogen-bond acceptors (Lipinski definition) is 9. The van der Waals surface area contributed by atoms with E-state index in [9.17, 15) is 19.2 Å². The van der Waals surface area contributed by atoms with Gasteiger partial charge in [0.2, 0.25) is 5.76 Å². The second-order valence-electron chi connectivity index (χ2n) is 7.07. The third kappa shape index (κ3) is 5.24. The number of rotatable bonds is 10. The summed E-state index contributed by atoms with van der Waals surface area (Å²) >= 11 is 0. The van der Waals surface area contributed by atoms with Crippen molar-refractivity contribution in [2.24, 2.45) is 0 Å². The van der Waals surface area contributed by atoms with Crippen LogP contribution in [0.3, 0.4) is 0 Å². The summed E-state index contributed by atoms with van der Waals surface area (Å²) in [6.07, 6.45) is 0. The molecule has 0 bridgehead atoms. The molecule has 0 spiro atoms. The van der Waals surface area contributed by atoms with Crippen molar-refractivity contribution in [3.05, 3.63) is 71.0 Å². The van der Waals surface area contributed by atoms with Gasteiger partial charge in [0.1, 0.15) is 17.3 Å². The van der Waals surface area contributed by atoms with Gasteiger partial charge in [0.15, 0.2) is 5.78 Å². The van der Waals surface area contributed by atoms with Gasteiger partial charge in [0.05, 0.1) is 38.6 Å². The molecule has 0 fully saturated rings. The average Bonchev–Trinajstić information content (AvgIpc) is 3.29. The third-order valence-electron chi connectivity index (χ3n) is 4.99. The van der Waals surface area contributed by atoms with Crippen molar-refractivity contribution in [1.29, 1.82) is 0 Å². The van der Waals surface area contributed by atoms with Crippen LogP contribution >= 0.6 is 0 Å². The second kappa shape index (κ2) is 11.1. The molecule has 0 saturated heterocycles. The predicted octanol–water partition coefficient (Wildman–Crippen LogP) is 4.12. The fourth-order valence-corrected chi connectivity index (χ4v) is 3.34. The monoisotopic (exact) mass is 480 g/mol. The third-order valence-corrected chi connectivity index (χ3v) is 4.99. The molecular formula is C26H24O9. The van der Waals surface area contributed by atoms with Crippen LogP contribution in [0.1, 0.15) is 50.7 Å². The van der Waals surface area contributed by atoms with Crippen molar-refractivity contribution in [2.75, 3.05) is 27.4 Å². The summed E-state index contributed by atoms with van der Waals surface area (Å²) in [5.74, 6) is -3.61. The van der Waals surface area contributed by atoms with E-state index in [1.165, 1.54) is 26.4 Å². The van der Waals surface area contributed by atoms with Gasteiger partial charge in [-0.15, -0.1) is 0 Å². The molecule has 0 aliphatic heterocycles. The maximum absolute atomic E-state index is 13.6. The molecule has 0 unspecified atom stereocenters. The first kappa shape index (κ1) is 25.2. The first-order valence-electron chi connectivity index (χ1n) is 10.7. The minimum Gasteiger partial charge on any atom is -0.497 e. The Balaban J connectivity index is 2.30. The van der Waals surface area contributed by atoms with E-state index in [2.05, 4.69) is 0 Å². The Labute approximate surface area is 201 Å². The lowest BCUT2D eigenvalue weighted by Crippen LogP contribution is -2.21. The Bertz CT molecular complexity index is 1240. The van der Waals surface area contributed by atoms with Gasteiger partial charge < -0.3 is 23.4 Å². The van der Waals surface area contributed by atoms with Crippen LogP contribution < -0.4 is 9.47 Å². The molecule has 3 rings (SSSR count). The highest BCUT2D eigenvalue weighted by Crippen LogP contribution is 2.35. The summed E-state index contributed by atoms with van der Waals surface area (Å²) in [4.78, 5) is 52.0. The number of furan rings is 1. The summed E-state index contributed by atoms with van der Waals surface area (Å²) < 4.78 is 26.0. The van der Waals surface area contributed by atoms with Gasteiger partial charge >= 0.3 is 11.9 Å². The molecule has 1 aromatic heterocycles. The van der Waals surface area contributed by atoms with E-state index in [0.29, 0.717) is 17.1 Å². The molecule has 182 valence electrons. The van der Waals surface area contributed by atoms with Crippen LogP contribution in [0.4, 0.5) is 0 Å². The standard InChI is InChI=1S/C26H24O9/c1-5-33-25(29)22(28)20-19(21(27)15-7-11-17(31-3)12-8-15)24(26(30)34-6-2)35-23(20)16-9-13-18(32-4)14-10-16/h7-14H,5-6H2,1-4H3. The zero-order valence-electron chi connectivity index (χ0n) is 19.7. The molecule has 3 aromatic rings. The molecule has 0 N–H and O–H groups in total. The number of ether oxygens (including phenoxy) is 4. The van der Waals surface area contributed by atoms with E-state index in [-0.39, 0.29) is 24.5 Å². The smallest absolute Gasteiger partial charge is 0.379 e. The van der Waals surface area contributed by atoms with Gasteiger partial charge in [-0.1, -0.05) is 0 Å². The van der Waals surface area contributed by atoms with Crippen molar-refractivity contribution in [2.45, 2.75) is 13.8 Å². The molecule has 0 amide bonds. The van der Waals surface area contributed by atoms with E-state index < -0.39 is 40.4 Å². The number of esters is 2. The minimum absolute atomic E-state index is 0.00523. The molecule has 0 aliphatic carbocycles. The van der Waals surface area contributed by atoms with E-state index in [4.69, 9.17) is 23.4 Å². The number of hydrogen-bond donors (Lipinski definition) is 0. The van der Waals surface area contributed by atoms with Crippen LogP contribution in [-0.2, 0) is 14.3 Å². The number of carbonyl (C=O) groups is 4. The first-order valence-corrected chi connectivity index (χ1v) is 10.7. The molecule has 0 atom stereocenters. The highest BCUT2D eigenvalue weighted by atomic mass is 16.5. The SMILES string of the molecule is CCOC(=O)C(=O)c1c(-c2ccc(OC)cc2)oc(C(=O)OCC)c1C(=O)c1ccc(OC)cc1. The quantitative estimate of drug-likeness (QED) is 0.240. The van der Waals surface area contributed by atoms with Crippen LogP contribution in [0.15, 0.2) is 52.9 Å². The number of methoxy groups -OCH3 is 2. The summed E-state index contributed by atoms with van der Waals surface area (Å²) in [7, 11) is 2.96. The second-order valence-corrected chi connectivity index (χ2v) is 7.07. The Morgan fingerprint density at radius 2 is 1.29 bits per heavy atom. The lowest BCUT2D eigenvalue weighted by Gasteiger charge is -2.07. The maximum atomic E-state index is 13.6. The average molecular weight is 480 g/mol. The fourth-order valence-electron chi connectivity index (χ4n) is 3.34. The lowest BCUT2D eigenvalue weighted by atomic mass is 9.94. The number of Topliss-reactive ketones (excluding diaryl/α,β-unsaturated/α-hetero) is 1. The molecule has 9 nitrogen and oxygen atoms in total. The zero-order valence-corrected chi connectivity index (χ0v) is 19.7. The number of carbonyl (C=O) groups excluding carboxylic acids is 4. The lowest BCUT2D eigenvalue weighted by molar-refractivity contribution is -0.137. The highest BCUT2D eigenvalue weighted by molar-refractivity contribution is 6.44. The van der Waals surface area contributed by atoms with E-state index in [1.54, 1.807) is 50.2 Å². The van der Waals surface area contributed by atoms with Crippen molar-refractivity contribution in [3.63, 3.8) is 0 Å². The predicted molar refractivity (Wildman–Crippen MR) is 124 cm³/mol. The normalized spacial score (nSPS) is 10.4. The van der Waals surface area contributed by atoms with Crippen molar-refractivity contribution in [1.82, 2.24) is 0 Å². The molecule has 0 saturated carbocycles. The molecule has 35 heavy (non-hydrogen) atoms. The maximum Gasteiger partial charge on any atom is 0.379 e. The van der Waals surface area contributed by atoms with E-state index in [0.717, 1.165) is 0 Å². The molecule has 2 aromatic carbocycles. The van der Waals surface area contributed by atoms with Crippen LogP contribution in [0.5, 0.6) is 11.5 Å². The van der Waals surface area contributed by atoms with E-state index >= 15 is 0 Å². The van der Waals surface area contributed by atoms with Crippen LogP contribution in [0.25, 0.3) is 11.3 Å². The summed E-state index contributed by atoms with van der Waals surface area (Å²) in [6, 6.07) is 12.4. The number of benzene rings is 2. The van der Waals surface area contributed by atoms with Gasteiger partial charge in [-0.05, 0) is 62.4 Å². The van der Waals surface area contributed by atoms with Crippen LogP contribution in [0, 0.1) is 0 Å². The van der Waals surface area contributed by atoms with Crippen molar-refractivity contribution in [3.8, 4) is 22.8 Å². The molecule has 0 radical (unpaired) electrons. The van der Waals surface area contributed by atoms with Gasteiger partial charge in [-0.2, -0.15) is 0 Å². The Morgan fingerprint density at radius 1 is 0.743 bits per heavy atom. The molecule has 0 aliphatic rings. The van der Waals surface area contributed by atoms with Crippen LogP contribution in [-0.4, -0.2) is 50.9 Å². The Kier molecular flexibility index (Phi) is 8.04. The molecule has 1 heterocycles. The summed E-state index contributed by atoms with van der Waals surface area (Å²) in [5, 5.41) is 0. The summed E-state index contributed by atoms with van der Waals surface area (Å²) in [6.45, 7) is 3.06. The zero-order chi connectivity index (χ0) is 25.5. The fraction of sp³-hybridized carbons (Fsp3) is 0.231. The topological polar surface area (TPSA) is 118 Å². The first-order chi connectivity index (χ1) is 16.9. The van der Waals surface area contributed by atoms with Gasteiger partial charge in [-0.3, -0.25) is 9.59 Å². The summed E-state index contributed by atoms with van der Waals surface area (Å²) in [5.41, 5.74) is -0.316. The molecule has 9 heteroatoms. The van der Waals surface area contributed by atoms with Gasteiger partial charge in [0, 0.05) is 11.1 Å². The minimum atomic E-state index is -1.19. The Morgan fingerprint density at radius 3 is 1.80 bits per heavy atom. The number of ketones is 2. The van der Waals surface area contributed by atoms with Gasteiger partial charge in [-0.25, -0.2) is 9.59 Å². The van der Waals surface area contributed by atoms with E-state index in [1.807, 2.05) is 0 Å². The van der Waals surface area contributed by atoms with Crippen molar-refractivity contribution < 1.29 is 42.5 Å². The molecular weight excluding hydrogens is 456 g/mol. The Hall–Kier alpha value is -4.40. The largest absolute Gasteiger partial charge is 0.497 e. The van der Waals surface area contributed by atoms with Crippen LogP contribution in [0.2, 0.25) is 0 Å².